The lowest BCUT2D eigenvalue weighted by Crippen LogP contribution is -2.40. The Hall–Kier alpha value is -3.06. The van der Waals surface area contributed by atoms with Crippen LogP contribution < -0.4 is 9.80 Å². The molecule has 1 aromatic carbocycles. The molecule has 2 fully saturated rings. The van der Waals surface area contributed by atoms with Crippen LogP contribution in [0.15, 0.2) is 30.3 Å². The number of amides is 2. The summed E-state index contributed by atoms with van der Waals surface area (Å²) in [6, 6.07) is 7.27. The standard InChI is InChI=1S/C22H20F3N3O3S/c1-2-31-20(29)18-9-10-19(32-18)28-17-6-4-3-5-16(17)27(21(28)30)14-8-7-13(12-26)15(11-14)22(23,24)25/h7-11,16-17H,2-6H2,1H3/t16-,17-/m1/s1. The third-order valence-electron chi connectivity index (χ3n) is 5.78. The second-order valence-electron chi connectivity index (χ2n) is 7.64. The van der Waals surface area contributed by atoms with Gasteiger partial charge in [0.05, 0.1) is 35.9 Å². The first kappa shape index (κ1) is 22.1. The Morgan fingerprint density at radius 3 is 2.50 bits per heavy atom. The molecule has 0 N–H and O–H groups in total. The molecule has 4 rings (SSSR count). The lowest BCUT2D eigenvalue weighted by Gasteiger charge is -2.31. The van der Waals surface area contributed by atoms with Crippen LogP contribution in [0.25, 0.3) is 0 Å². The van der Waals surface area contributed by atoms with Crippen molar-refractivity contribution in [3.8, 4) is 6.07 Å². The summed E-state index contributed by atoms with van der Waals surface area (Å²) >= 11 is 1.13. The Kier molecular flexibility index (Phi) is 5.86. The van der Waals surface area contributed by atoms with Crippen LogP contribution in [0.5, 0.6) is 0 Å². The number of ether oxygens (including phenoxy) is 1. The van der Waals surface area contributed by atoms with E-state index in [0.29, 0.717) is 22.7 Å². The zero-order chi connectivity index (χ0) is 23.0. The van der Waals surface area contributed by atoms with E-state index in [9.17, 15) is 22.8 Å². The Morgan fingerprint density at radius 2 is 1.88 bits per heavy atom. The van der Waals surface area contributed by atoms with Gasteiger partial charge in [-0.2, -0.15) is 18.4 Å². The molecule has 168 valence electrons. The number of thiophene rings is 1. The molecule has 1 aliphatic heterocycles. The molecule has 6 nitrogen and oxygen atoms in total. The number of carbonyl (C=O) groups excluding carboxylic acids is 2. The van der Waals surface area contributed by atoms with E-state index < -0.39 is 29.3 Å². The molecular formula is C22H20F3N3O3S. The number of urea groups is 1. The lowest BCUT2D eigenvalue weighted by atomic mass is 9.90. The topological polar surface area (TPSA) is 73.6 Å². The smallest absolute Gasteiger partial charge is 0.417 e. The van der Waals surface area contributed by atoms with Crippen molar-refractivity contribution in [2.75, 3.05) is 16.4 Å². The fourth-order valence-electron chi connectivity index (χ4n) is 4.44. The minimum atomic E-state index is -4.71. The Bertz CT molecular complexity index is 1090. The molecule has 1 saturated carbocycles. The molecule has 2 aromatic rings. The van der Waals surface area contributed by atoms with Crippen molar-refractivity contribution < 1.29 is 27.5 Å². The van der Waals surface area contributed by atoms with Crippen molar-refractivity contribution in [1.29, 1.82) is 5.26 Å². The maximum atomic E-state index is 13.5. The zero-order valence-electron chi connectivity index (χ0n) is 17.2. The molecule has 1 aromatic heterocycles. The van der Waals surface area contributed by atoms with Gasteiger partial charge in [-0.1, -0.05) is 12.8 Å². The van der Waals surface area contributed by atoms with E-state index in [1.807, 2.05) is 0 Å². The van der Waals surface area contributed by atoms with E-state index in [1.54, 1.807) is 30.0 Å². The van der Waals surface area contributed by atoms with Crippen molar-refractivity contribution in [2.45, 2.75) is 50.9 Å². The number of anilines is 2. The normalized spacial score (nSPS) is 20.8. The van der Waals surface area contributed by atoms with Crippen molar-refractivity contribution in [2.24, 2.45) is 0 Å². The van der Waals surface area contributed by atoms with Crippen LogP contribution in [-0.2, 0) is 10.9 Å². The summed E-state index contributed by atoms with van der Waals surface area (Å²) in [5, 5.41) is 9.64. The molecule has 1 saturated heterocycles. The second-order valence-corrected chi connectivity index (χ2v) is 8.70. The SMILES string of the molecule is CCOC(=O)c1ccc(N2C(=O)N(c3ccc(C#N)c(C(F)(F)F)c3)[C@@H]3CCCC[C@H]32)s1. The first-order valence-electron chi connectivity index (χ1n) is 10.3. The second kappa shape index (κ2) is 8.47. The molecule has 0 unspecified atom stereocenters. The predicted molar refractivity (Wildman–Crippen MR) is 113 cm³/mol. The summed E-state index contributed by atoms with van der Waals surface area (Å²) in [7, 11) is 0. The quantitative estimate of drug-likeness (QED) is 0.556. The number of esters is 1. The van der Waals surface area contributed by atoms with Gasteiger partial charge >= 0.3 is 18.2 Å². The highest BCUT2D eigenvalue weighted by molar-refractivity contribution is 7.18. The summed E-state index contributed by atoms with van der Waals surface area (Å²) in [4.78, 5) is 28.9. The Morgan fingerprint density at radius 1 is 1.19 bits per heavy atom. The van der Waals surface area contributed by atoms with Crippen molar-refractivity contribution >= 4 is 34.0 Å². The van der Waals surface area contributed by atoms with E-state index in [-0.39, 0.29) is 24.4 Å². The number of hydrogen-bond donors (Lipinski definition) is 0. The Balaban J connectivity index is 1.73. The molecule has 0 spiro atoms. The fraction of sp³-hybridized carbons (Fsp3) is 0.409. The Labute approximate surface area is 186 Å². The van der Waals surface area contributed by atoms with E-state index in [0.717, 1.165) is 36.3 Å². The fourth-order valence-corrected chi connectivity index (χ4v) is 5.39. The summed E-state index contributed by atoms with van der Waals surface area (Å²) in [6.07, 6.45) is -1.58. The molecule has 2 atom stereocenters. The van der Waals surface area contributed by atoms with Crippen molar-refractivity contribution in [1.82, 2.24) is 0 Å². The molecule has 1 aliphatic carbocycles. The number of benzene rings is 1. The van der Waals surface area contributed by atoms with Crippen LogP contribution in [0, 0.1) is 11.3 Å². The van der Waals surface area contributed by atoms with Gasteiger partial charge in [-0.25, -0.2) is 9.59 Å². The summed E-state index contributed by atoms with van der Waals surface area (Å²) in [6.45, 7) is 1.93. The van der Waals surface area contributed by atoms with E-state index in [1.165, 1.54) is 11.0 Å². The van der Waals surface area contributed by atoms with Gasteiger partial charge in [0, 0.05) is 5.69 Å². The number of fused-ring (bicyclic) bond motifs is 1. The number of carbonyl (C=O) groups is 2. The highest BCUT2D eigenvalue weighted by Gasteiger charge is 2.49. The van der Waals surface area contributed by atoms with E-state index >= 15 is 0 Å². The van der Waals surface area contributed by atoms with Gasteiger partial charge in [-0.15, -0.1) is 11.3 Å². The van der Waals surface area contributed by atoms with Gasteiger partial charge in [-0.05, 0) is 50.1 Å². The van der Waals surface area contributed by atoms with Gasteiger partial charge < -0.3 is 4.74 Å². The van der Waals surface area contributed by atoms with Gasteiger partial charge in [0.15, 0.2) is 0 Å². The molecule has 32 heavy (non-hydrogen) atoms. The number of nitrogens with zero attached hydrogens (tertiary/aromatic N) is 3. The highest BCUT2D eigenvalue weighted by Crippen LogP contribution is 2.43. The predicted octanol–water partition coefficient (Wildman–Crippen LogP) is 5.57. The van der Waals surface area contributed by atoms with Crippen molar-refractivity contribution in [3.05, 3.63) is 46.3 Å². The summed E-state index contributed by atoms with van der Waals surface area (Å²) in [5.41, 5.74) is -1.43. The van der Waals surface area contributed by atoms with Crippen molar-refractivity contribution in [3.63, 3.8) is 0 Å². The third-order valence-corrected chi connectivity index (χ3v) is 6.85. The van der Waals surface area contributed by atoms with E-state index in [2.05, 4.69) is 0 Å². The maximum Gasteiger partial charge on any atom is 0.417 e. The van der Waals surface area contributed by atoms with Crippen LogP contribution in [0.1, 0.15) is 53.4 Å². The summed E-state index contributed by atoms with van der Waals surface area (Å²) in [5.74, 6) is -0.477. The molecule has 2 amide bonds. The van der Waals surface area contributed by atoms with Gasteiger partial charge in [0.1, 0.15) is 9.88 Å². The van der Waals surface area contributed by atoms with Crippen LogP contribution in [0.2, 0.25) is 0 Å². The monoisotopic (exact) mass is 463 g/mol. The number of halogens is 3. The summed E-state index contributed by atoms with van der Waals surface area (Å²) < 4.78 is 45.5. The molecule has 0 radical (unpaired) electrons. The first-order valence-corrected chi connectivity index (χ1v) is 11.1. The van der Waals surface area contributed by atoms with Crippen LogP contribution in [0.4, 0.5) is 28.7 Å². The average Bonchev–Trinajstić information content (AvgIpc) is 3.35. The van der Waals surface area contributed by atoms with Crippen LogP contribution >= 0.6 is 11.3 Å². The third kappa shape index (κ3) is 3.81. The van der Waals surface area contributed by atoms with Crippen LogP contribution in [0.3, 0.4) is 0 Å². The largest absolute Gasteiger partial charge is 0.462 e. The van der Waals surface area contributed by atoms with Crippen LogP contribution in [-0.4, -0.2) is 30.7 Å². The molecular weight excluding hydrogens is 443 g/mol. The molecule has 0 bridgehead atoms. The number of rotatable bonds is 4. The lowest BCUT2D eigenvalue weighted by molar-refractivity contribution is -0.137. The number of hydrogen-bond acceptors (Lipinski definition) is 5. The minimum Gasteiger partial charge on any atom is -0.462 e. The maximum absolute atomic E-state index is 13.5. The zero-order valence-corrected chi connectivity index (χ0v) is 18.0. The number of alkyl halides is 3. The number of nitriles is 1. The molecule has 2 heterocycles. The highest BCUT2D eigenvalue weighted by atomic mass is 32.1. The van der Waals surface area contributed by atoms with Gasteiger partial charge in [0.2, 0.25) is 0 Å². The van der Waals surface area contributed by atoms with E-state index in [4.69, 9.17) is 10.00 Å². The minimum absolute atomic E-state index is 0.114. The average molecular weight is 463 g/mol. The molecule has 10 heteroatoms. The van der Waals surface area contributed by atoms with Gasteiger partial charge in [0.25, 0.3) is 0 Å². The first-order chi connectivity index (χ1) is 15.3. The van der Waals surface area contributed by atoms with Gasteiger partial charge in [-0.3, -0.25) is 9.80 Å². The molecule has 2 aliphatic rings.